The monoisotopic (exact) mass is 323 g/mol. The highest BCUT2D eigenvalue weighted by atomic mass is 79.9. The third-order valence-corrected chi connectivity index (χ3v) is 6.59. The summed E-state index contributed by atoms with van der Waals surface area (Å²) in [4.78, 5) is 0. The summed E-state index contributed by atoms with van der Waals surface area (Å²) in [6.07, 6.45) is 3.18. The Bertz CT molecular complexity index is 469. The lowest BCUT2D eigenvalue weighted by Crippen LogP contribution is -2.35. The zero-order valence-electron chi connectivity index (χ0n) is 8.94. The van der Waals surface area contributed by atoms with Crippen molar-refractivity contribution < 1.29 is 8.42 Å². The molecule has 0 radical (unpaired) electrons. The lowest BCUT2D eigenvalue weighted by Gasteiger charge is -2.16. The summed E-state index contributed by atoms with van der Waals surface area (Å²) in [7, 11) is -3.32. The second-order valence-electron chi connectivity index (χ2n) is 4.19. The van der Waals surface area contributed by atoms with Crippen molar-refractivity contribution in [3.05, 3.63) is 15.9 Å². The van der Waals surface area contributed by atoms with Crippen LogP contribution in [0.15, 0.2) is 20.1 Å². The van der Waals surface area contributed by atoms with E-state index >= 15 is 0 Å². The van der Waals surface area contributed by atoms with Crippen molar-refractivity contribution >= 4 is 37.3 Å². The minimum absolute atomic E-state index is 0.103. The first-order chi connectivity index (χ1) is 7.49. The van der Waals surface area contributed by atoms with E-state index in [-0.39, 0.29) is 6.04 Å². The standard InChI is InChI=1S/C10H14BrNO2S2/c1-7-3-2-4-8(7)12-16(13,14)10-6-5-9(11)15-10/h5-8,12H,2-4H2,1H3. The summed E-state index contributed by atoms with van der Waals surface area (Å²) in [5, 5.41) is 0. The fraction of sp³-hybridized carbons (Fsp3) is 0.600. The van der Waals surface area contributed by atoms with Gasteiger partial charge in [0.2, 0.25) is 10.0 Å². The molecule has 1 aliphatic carbocycles. The van der Waals surface area contributed by atoms with Crippen LogP contribution in [0.5, 0.6) is 0 Å². The highest BCUT2D eigenvalue weighted by Crippen LogP contribution is 2.29. The van der Waals surface area contributed by atoms with Crippen LogP contribution in [0, 0.1) is 5.92 Å². The summed E-state index contributed by atoms with van der Waals surface area (Å²) in [5.74, 6) is 0.443. The summed E-state index contributed by atoms with van der Waals surface area (Å²) in [6.45, 7) is 2.10. The van der Waals surface area contributed by atoms with Gasteiger partial charge < -0.3 is 0 Å². The Morgan fingerprint density at radius 3 is 2.69 bits per heavy atom. The normalized spacial score (nSPS) is 26.1. The third kappa shape index (κ3) is 2.67. The van der Waals surface area contributed by atoms with Crippen molar-refractivity contribution in [2.24, 2.45) is 5.92 Å². The van der Waals surface area contributed by atoms with Crippen LogP contribution in [0.3, 0.4) is 0 Å². The first-order valence-electron chi connectivity index (χ1n) is 5.27. The maximum Gasteiger partial charge on any atom is 0.250 e. The molecule has 0 amide bonds. The first kappa shape index (κ1) is 12.5. The quantitative estimate of drug-likeness (QED) is 0.929. The Balaban J connectivity index is 2.14. The molecular weight excluding hydrogens is 310 g/mol. The van der Waals surface area contributed by atoms with Gasteiger partial charge in [0.05, 0.1) is 3.79 Å². The second-order valence-corrected chi connectivity index (χ2v) is 8.60. The Hall–Kier alpha value is 0.0900. The molecule has 3 nitrogen and oxygen atoms in total. The van der Waals surface area contributed by atoms with E-state index in [0.29, 0.717) is 10.1 Å². The zero-order chi connectivity index (χ0) is 11.8. The molecule has 0 spiro atoms. The molecule has 2 atom stereocenters. The summed E-state index contributed by atoms with van der Waals surface area (Å²) < 4.78 is 28.1. The average molecular weight is 324 g/mol. The fourth-order valence-electron chi connectivity index (χ4n) is 2.02. The van der Waals surface area contributed by atoms with Crippen LogP contribution in [-0.2, 0) is 10.0 Å². The van der Waals surface area contributed by atoms with Gasteiger partial charge in [0.25, 0.3) is 0 Å². The summed E-state index contributed by atoms with van der Waals surface area (Å²) in [5.41, 5.74) is 0. The zero-order valence-corrected chi connectivity index (χ0v) is 12.2. The van der Waals surface area contributed by atoms with Crippen molar-refractivity contribution in [2.75, 3.05) is 0 Å². The third-order valence-electron chi connectivity index (χ3n) is 2.98. The number of nitrogens with one attached hydrogen (secondary N) is 1. The minimum Gasteiger partial charge on any atom is -0.207 e. The van der Waals surface area contributed by atoms with E-state index in [1.807, 2.05) is 0 Å². The van der Waals surface area contributed by atoms with Gasteiger partial charge in [-0.3, -0.25) is 0 Å². The molecule has 0 aliphatic heterocycles. The van der Waals surface area contributed by atoms with Gasteiger partial charge in [-0.25, -0.2) is 13.1 Å². The van der Waals surface area contributed by atoms with Crippen molar-refractivity contribution in [3.8, 4) is 0 Å². The van der Waals surface area contributed by atoms with Gasteiger partial charge in [-0.1, -0.05) is 13.3 Å². The largest absolute Gasteiger partial charge is 0.250 e. The number of thiophene rings is 1. The molecule has 1 aromatic heterocycles. The van der Waals surface area contributed by atoms with Gasteiger partial charge in [0, 0.05) is 6.04 Å². The van der Waals surface area contributed by atoms with Crippen LogP contribution in [0.1, 0.15) is 26.2 Å². The van der Waals surface area contributed by atoms with Crippen molar-refractivity contribution in [3.63, 3.8) is 0 Å². The number of hydrogen-bond donors (Lipinski definition) is 1. The molecule has 6 heteroatoms. The maximum absolute atomic E-state index is 12.0. The molecule has 1 aliphatic rings. The van der Waals surface area contributed by atoms with Gasteiger partial charge in [-0.2, -0.15) is 0 Å². The van der Waals surface area contributed by atoms with Crippen molar-refractivity contribution in [1.29, 1.82) is 0 Å². The lowest BCUT2D eigenvalue weighted by molar-refractivity contribution is 0.477. The van der Waals surface area contributed by atoms with Gasteiger partial charge in [-0.05, 0) is 46.8 Å². The van der Waals surface area contributed by atoms with E-state index in [1.165, 1.54) is 11.3 Å². The van der Waals surface area contributed by atoms with E-state index in [0.717, 1.165) is 23.0 Å². The van der Waals surface area contributed by atoms with Crippen LogP contribution in [0.2, 0.25) is 0 Å². The lowest BCUT2D eigenvalue weighted by atomic mass is 10.1. The smallest absolute Gasteiger partial charge is 0.207 e. The highest BCUT2D eigenvalue weighted by molar-refractivity contribution is 9.11. The van der Waals surface area contributed by atoms with Gasteiger partial charge in [-0.15, -0.1) is 11.3 Å². The van der Waals surface area contributed by atoms with Crippen LogP contribution in [0.4, 0.5) is 0 Å². The number of sulfonamides is 1. The Morgan fingerprint density at radius 2 is 2.19 bits per heavy atom. The maximum atomic E-state index is 12.0. The molecule has 90 valence electrons. The fourth-order valence-corrected chi connectivity index (χ4v) is 5.43. The molecule has 0 bridgehead atoms. The molecular formula is C10H14BrNO2S2. The highest BCUT2D eigenvalue weighted by Gasteiger charge is 2.28. The number of rotatable bonds is 3. The van der Waals surface area contributed by atoms with E-state index < -0.39 is 10.0 Å². The van der Waals surface area contributed by atoms with Crippen LogP contribution in [-0.4, -0.2) is 14.5 Å². The predicted molar refractivity (Wildman–Crippen MR) is 69.1 cm³/mol. The number of hydrogen-bond acceptors (Lipinski definition) is 3. The second kappa shape index (κ2) is 4.76. The molecule has 2 unspecified atom stereocenters. The van der Waals surface area contributed by atoms with Gasteiger partial charge in [0.15, 0.2) is 0 Å². The molecule has 1 saturated carbocycles. The van der Waals surface area contributed by atoms with E-state index in [2.05, 4.69) is 27.6 Å². The van der Waals surface area contributed by atoms with Crippen molar-refractivity contribution in [2.45, 2.75) is 36.4 Å². The number of halogens is 1. The first-order valence-corrected chi connectivity index (χ1v) is 8.36. The molecule has 1 N–H and O–H groups in total. The molecule has 1 fully saturated rings. The van der Waals surface area contributed by atoms with E-state index in [1.54, 1.807) is 12.1 Å². The minimum atomic E-state index is -3.32. The van der Waals surface area contributed by atoms with Crippen LogP contribution >= 0.6 is 27.3 Å². The molecule has 0 saturated heterocycles. The predicted octanol–water partition coefficient (Wildman–Crippen LogP) is 2.98. The Labute approximate surface area is 108 Å². The van der Waals surface area contributed by atoms with E-state index in [4.69, 9.17) is 0 Å². The molecule has 0 aromatic carbocycles. The van der Waals surface area contributed by atoms with Crippen LogP contribution in [0.25, 0.3) is 0 Å². The molecule has 1 heterocycles. The van der Waals surface area contributed by atoms with E-state index in [9.17, 15) is 8.42 Å². The Morgan fingerprint density at radius 1 is 1.44 bits per heavy atom. The molecule has 1 aromatic rings. The van der Waals surface area contributed by atoms with Crippen LogP contribution < -0.4 is 4.72 Å². The SMILES string of the molecule is CC1CCCC1NS(=O)(=O)c1ccc(Br)s1. The molecule has 16 heavy (non-hydrogen) atoms. The topological polar surface area (TPSA) is 46.2 Å². The van der Waals surface area contributed by atoms with Gasteiger partial charge >= 0.3 is 0 Å². The summed E-state index contributed by atoms with van der Waals surface area (Å²) >= 11 is 4.52. The van der Waals surface area contributed by atoms with Crippen molar-refractivity contribution in [1.82, 2.24) is 4.72 Å². The summed E-state index contributed by atoms with van der Waals surface area (Å²) in [6, 6.07) is 3.50. The molecule has 2 rings (SSSR count). The average Bonchev–Trinajstić information content (AvgIpc) is 2.77. The van der Waals surface area contributed by atoms with Gasteiger partial charge in [0.1, 0.15) is 4.21 Å². The Kier molecular flexibility index (Phi) is 3.73.